The maximum Gasteiger partial charge on any atom is 0.146 e. The van der Waals surface area contributed by atoms with E-state index in [9.17, 15) is 0 Å². The highest BCUT2D eigenvalue weighted by Crippen LogP contribution is 1.72. The first-order chi connectivity index (χ1) is 2.91. The molecule has 0 aromatic rings. The van der Waals surface area contributed by atoms with Crippen molar-refractivity contribution in [2.75, 3.05) is 12.5 Å². The van der Waals surface area contributed by atoms with Crippen LogP contribution in [0.4, 0.5) is 0 Å². The molecule has 0 aliphatic heterocycles. The molecule has 0 rings (SSSR count). The third-order valence-corrected chi connectivity index (χ3v) is 0.553. The Morgan fingerprint density at radius 1 is 1.83 bits per heavy atom. The van der Waals surface area contributed by atoms with Crippen LogP contribution in [-0.2, 0) is 4.74 Å². The normalized spacial score (nSPS) is 7.50. The molecule has 0 aliphatic carbocycles. The summed E-state index contributed by atoms with van der Waals surface area (Å²) in [5.74, 6) is 0.507. The van der Waals surface area contributed by atoms with Crippen molar-refractivity contribution in [3.63, 3.8) is 0 Å². The molecule has 0 unspecified atom stereocenters. The maximum absolute atomic E-state index is 5.19. The van der Waals surface area contributed by atoms with E-state index < -0.39 is 0 Å². The lowest BCUT2D eigenvalue weighted by Crippen LogP contribution is -1.88. The number of ether oxygens (including phenoxy) is 1. The SMILES string of the molecule is S=COCCCl. The molecule has 36 valence electrons. The van der Waals surface area contributed by atoms with E-state index in [4.69, 9.17) is 11.6 Å². The van der Waals surface area contributed by atoms with E-state index in [1.807, 2.05) is 0 Å². The number of halogens is 1. The van der Waals surface area contributed by atoms with Gasteiger partial charge in [0.25, 0.3) is 0 Å². The molecule has 0 saturated carbocycles. The highest BCUT2D eigenvalue weighted by Gasteiger charge is 1.71. The van der Waals surface area contributed by atoms with Gasteiger partial charge in [0.1, 0.15) is 12.2 Å². The zero-order chi connectivity index (χ0) is 4.83. The highest BCUT2D eigenvalue weighted by molar-refractivity contribution is 7.78. The molecule has 0 saturated heterocycles. The van der Waals surface area contributed by atoms with Gasteiger partial charge in [-0.15, -0.1) is 11.6 Å². The quantitative estimate of drug-likeness (QED) is 0.318. The Bertz CT molecular complexity index is 39.8. The van der Waals surface area contributed by atoms with Gasteiger partial charge in [-0.1, -0.05) is 0 Å². The van der Waals surface area contributed by atoms with Crippen LogP contribution in [0.15, 0.2) is 0 Å². The third-order valence-electron chi connectivity index (χ3n) is 0.263. The van der Waals surface area contributed by atoms with E-state index >= 15 is 0 Å². The molecule has 0 heterocycles. The molecular weight excluding hydrogens is 120 g/mol. The zero-order valence-electron chi connectivity index (χ0n) is 3.19. The largest absolute Gasteiger partial charge is 0.489 e. The third kappa shape index (κ3) is 4.18. The summed E-state index contributed by atoms with van der Waals surface area (Å²) >= 11 is 9.50. The Labute approximate surface area is 47.2 Å². The molecule has 0 aromatic heterocycles. The first-order valence-corrected chi connectivity index (χ1v) is 2.53. The number of hydrogen-bond acceptors (Lipinski definition) is 2. The molecule has 1 nitrogen and oxygen atoms in total. The van der Waals surface area contributed by atoms with Crippen LogP contribution in [0.2, 0.25) is 0 Å². The lowest BCUT2D eigenvalue weighted by atomic mass is 10.9. The van der Waals surface area contributed by atoms with E-state index in [2.05, 4.69) is 17.0 Å². The second kappa shape index (κ2) is 5.18. The fraction of sp³-hybridized carbons (Fsp3) is 0.667. The summed E-state index contributed by atoms with van der Waals surface area (Å²) in [5, 5.41) is 0. The van der Waals surface area contributed by atoms with Crippen molar-refractivity contribution in [3.8, 4) is 0 Å². The van der Waals surface area contributed by atoms with Gasteiger partial charge in [-0.3, -0.25) is 0 Å². The van der Waals surface area contributed by atoms with Crippen molar-refractivity contribution < 1.29 is 4.74 Å². The summed E-state index contributed by atoms with van der Waals surface area (Å²) in [5.41, 5.74) is 1.21. The Morgan fingerprint density at radius 3 is 2.67 bits per heavy atom. The smallest absolute Gasteiger partial charge is 0.146 e. The summed E-state index contributed by atoms with van der Waals surface area (Å²) in [6, 6.07) is 0. The monoisotopic (exact) mass is 124 g/mol. The van der Waals surface area contributed by atoms with Gasteiger partial charge >= 0.3 is 0 Å². The predicted molar refractivity (Wildman–Crippen MR) is 30.3 cm³/mol. The van der Waals surface area contributed by atoms with Crippen LogP contribution in [0.25, 0.3) is 0 Å². The van der Waals surface area contributed by atoms with Gasteiger partial charge in [-0.2, -0.15) is 0 Å². The second-order valence-electron chi connectivity index (χ2n) is 0.656. The summed E-state index contributed by atoms with van der Waals surface area (Å²) < 4.78 is 4.54. The van der Waals surface area contributed by atoms with Crippen LogP contribution < -0.4 is 0 Å². The topological polar surface area (TPSA) is 9.23 Å². The molecule has 3 heteroatoms. The fourth-order valence-corrected chi connectivity index (χ4v) is 0.278. The van der Waals surface area contributed by atoms with Crippen LogP contribution in [-0.4, -0.2) is 18.0 Å². The summed E-state index contributed by atoms with van der Waals surface area (Å²) in [6.07, 6.45) is 0. The zero-order valence-corrected chi connectivity index (χ0v) is 4.76. The molecule has 0 spiro atoms. The Kier molecular flexibility index (Phi) is 5.34. The number of thiocarbonyl (C=S) groups is 1. The average molecular weight is 125 g/mol. The van der Waals surface area contributed by atoms with Crippen LogP contribution in [0, 0.1) is 0 Å². The molecule has 0 aromatic carbocycles. The number of rotatable bonds is 3. The van der Waals surface area contributed by atoms with Gasteiger partial charge in [0.2, 0.25) is 0 Å². The average Bonchev–Trinajstić information content (AvgIpc) is 1.61. The minimum absolute atomic E-state index is 0.507. The van der Waals surface area contributed by atoms with E-state index in [-0.39, 0.29) is 0 Å². The maximum atomic E-state index is 5.19. The lowest BCUT2D eigenvalue weighted by molar-refractivity contribution is 0.354. The minimum atomic E-state index is 0.507. The van der Waals surface area contributed by atoms with Crippen molar-refractivity contribution in [1.82, 2.24) is 0 Å². The summed E-state index contributed by atoms with van der Waals surface area (Å²) in [4.78, 5) is 0. The van der Waals surface area contributed by atoms with Crippen LogP contribution in [0.1, 0.15) is 0 Å². The molecule has 0 amide bonds. The van der Waals surface area contributed by atoms with Crippen LogP contribution >= 0.6 is 23.8 Å². The number of hydrogen-bond donors (Lipinski definition) is 0. The molecule has 0 N–H and O–H groups in total. The van der Waals surface area contributed by atoms with Crippen molar-refractivity contribution in [3.05, 3.63) is 0 Å². The predicted octanol–water partition coefficient (Wildman–Crippen LogP) is 1.20. The fourth-order valence-electron chi connectivity index (χ4n) is 0.0927. The van der Waals surface area contributed by atoms with Crippen LogP contribution in [0.5, 0.6) is 0 Å². The summed E-state index contributed by atoms with van der Waals surface area (Å²) in [6.45, 7) is 0.519. The molecule has 0 aliphatic rings. The molecule has 0 atom stereocenters. The standard InChI is InChI=1S/C3H5ClOS/c4-1-2-5-3-6/h3H,1-2H2. The lowest BCUT2D eigenvalue weighted by Gasteiger charge is -1.87. The Hall–Kier alpha value is 0.180. The Balaban J connectivity index is 2.49. The van der Waals surface area contributed by atoms with E-state index in [0.717, 1.165) is 0 Å². The van der Waals surface area contributed by atoms with E-state index in [1.165, 1.54) is 5.55 Å². The van der Waals surface area contributed by atoms with Crippen molar-refractivity contribution in [2.45, 2.75) is 0 Å². The van der Waals surface area contributed by atoms with Gasteiger partial charge in [0.15, 0.2) is 0 Å². The van der Waals surface area contributed by atoms with E-state index in [0.29, 0.717) is 12.5 Å². The van der Waals surface area contributed by atoms with Gasteiger partial charge in [0.05, 0.1) is 5.88 Å². The Morgan fingerprint density at radius 2 is 2.50 bits per heavy atom. The van der Waals surface area contributed by atoms with Gasteiger partial charge in [-0.25, -0.2) is 0 Å². The minimum Gasteiger partial charge on any atom is -0.489 e. The molecule has 0 fully saturated rings. The molecule has 0 bridgehead atoms. The van der Waals surface area contributed by atoms with Gasteiger partial charge < -0.3 is 4.74 Å². The molecule has 0 radical (unpaired) electrons. The van der Waals surface area contributed by atoms with Crippen molar-refractivity contribution >= 4 is 29.4 Å². The molecule has 6 heavy (non-hydrogen) atoms. The first-order valence-electron chi connectivity index (χ1n) is 1.53. The summed E-state index contributed by atoms with van der Waals surface area (Å²) in [7, 11) is 0. The van der Waals surface area contributed by atoms with Gasteiger partial charge in [-0.05, 0) is 12.2 Å². The van der Waals surface area contributed by atoms with Crippen molar-refractivity contribution in [2.24, 2.45) is 0 Å². The second-order valence-corrected chi connectivity index (χ2v) is 1.23. The molecular formula is C3H5ClOS. The highest BCUT2D eigenvalue weighted by atomic mass is 35.5. The van der Waals surface area contributed by atoms with Gasteiger partial charge in [0, 0.05) is 0 Å². The van der Waals surface area contributed by atoms with Crippen molar-refractivity contribution in [1.29, 1.82) is 0 Å². The van der Waals surface area contributed by atoms with E-state index in [1.54, 1.807) is 0 Å². The van der Waals surface area contributed by atoms with Crippen LogP contribution in [0.3, 0.4) is 0 Å². The first kappa shape index (κ1) is 6.18. The number of alkyl halides is 1.